The van der Waals surface area contributed by atoms with Crippen molar-refractivity contribution in [2.75, 3.05) is 49.6 Å². The van der Waals surface area contributed by atoms with E-state index in [1.165, 1.54) is 16.1 Å². The van der Waals surface area contributed by atoms with E-state index in [0.29, 0.717) is 12.5 Å². The Kier molecular flexibility index (Phi) is 6.32. The van der Waals surface area contributed by atoms with Crippen LogP contribution in [0, 0.1) is 5.41 Å². The highest BCUT2D eigenvalue weighted by atomic mass is 32.1. The molecular weight excluding hydrogens is 468 g/mol. The fourth-order valence-electron chi connectivity index (χ4n) is 5.71. The number of anilines is 2. The monoisotopic (exact) mass is 502 g/mol. The van der Waals surface area contributed by atoms with Crippen LogP contribution in [0.3, 0.4) is 0 Å². The zero-order chi connectivity index (χ0) is 24.7. The lowest BCUT2D eigenvalue weighted by molar-refractivity contribution is 0.0918. The number of nitrogens with one attached hydrogen (secondary N) is 2. The lowest BCUT2D eigenvalue weighted by Crippen LogP contribution is -2.36. The van der Waals surface area contributed by atoms with E-state index in [9.17, 15) is 4.79 Å². The number of hydrogen-bond acceptors (Lipinski definition) is 7. The molecule has 1 atom stereocenters. The number of rotatable bonds is 5. The first-order valence-corrected chi connectivity index (χ1v) is 13.8. The van der Waals surface area contributed by atoms with Crippen molar-refractivity contribution in [3.05, 3.63) is 53.0 Å². The number of fused-ring (bicyclic) bond motifs is 1. The maximum absolute atomic E-state index is 13.2. The van der Waals surface area contributed by atoms with Crippen LogP contribution in [0.2, 0.25) is 0 Å². The number of Topliss-reactive ketones (excluding diaryl/α,β-unsaturated/α-hetero) is 1. The molecule has 1 aliphatic carbocycles. The maximum Gasteiger partial charge on any atom is 0.173 e. The summed E-state index contributed by atoms with van der Waals surface area (Å²) < 4.78 is 5.63. The molecule has 188 valence electrons. The van der Waals surface area contributed by atoms with Gasteiger partial charge in [0.15, 0.2) is 5.78 Å². The molecule has 0 amide bonds. The van der Waals surface area contributed by atoms with Crippen LogP contribution in [-0.4, -0.2) is 56.2 Å². The minimum Gasteiger partial charge on any atom is -0.381 e. The highest BCUT2D eigenvalue weighted by Gasteiger charge is 2.37. The first-order chi connectivity index (χ1) is 17.5. The Morgan fingerprint density at radius 1 is 1.14 bits per heavy atom. The first kappa shape index (κ1) is 23.6. The van der Waals surface area contributed by atoms with Crippen molar-refractivity contribution in [3.63, 3.8) is 0 Å². The van der Waals surface area contributed by atoms with Crippen LogP contribution in [0.25, 0.3) is 22.4 Å². The summed E-state index contributed by atoms with van der Waals surface area (Å²) >= 11 is 1.68. The van der Waals surface area contributed by atoms with Crippen LogP contribution in [0.15, 0.2) is 42.6 Å². The van der Waals surface area contributed by atoms with Gasteiger partial charge in [0.1, 0.15) is 0 Å². The average molecular weight is 503 g/mol. The van der Waals surface area contributed by atoms with E-state index in [1.54, 1.807) is 11.3 Å². The molecule has 0 spiro atoms. The van der Waals surface area contributed by atoms with E-state index < -0.39 is 0 Å². The largest absolute Gasteiger partial charge is 0.381 e. The molecule has 1 aromatic carbocycles. The second-order valence-electron chi connectivity index (χ2n) is 11.0. The molecule has 0 bridgehead atoms. The fourth-order valence-corrected chi connectivity index (χ4v) is 7.05. The molecule has 0 radical (unpaired) electrons. The quantitative estimate of drug-likeness (QED) is 0.497. The third-order valence-electron chi connectivity index (χ3n) is 7.47. The van der Waals surface area contributed by atoms with E-state index in [1.807, 2.05) is 6.20 Å². The smallest absolute Gasteiger partial charge is 0.173 e. The van der Waals surface area contributed by atoms with Crippen molar-refractivity contribution in [1.82, 2.24) is 10.3 Å². The van der Waals surface area contributed by atoms with Crippen LogP contribution < -0.4 is 15.5 Å². The predicted molar refractivity (Wildman–Crippen MR) is 147 cm³/mol. The SMILES string of the molecule is CC1(C)CC(=O)c2sc(N3CCOCC3)c(-c3ccnc(-c4cccc(N[C@@H]5CCNC5)c4)c3)c2C1. The van der Waals surface area contributed by atoms with Crippen molar-refractivity contribution >= 4 is 27.8 Å². The summed E-state index contributed by atoms with van der Waals surface area (Å²) in [5, 5.41) is 8.28. The molecule has 3 aromatic rings. The summed E-state index contributed by atoms with van der Waals surface area (Å²) in [5.74, 6) is 0.279. The Bertz CT molecular complexity index is 1270. The number of benzene rings is 1. The van der Waals surface area contributed by atoms with Gasteiger partial charge in [-0.25, -0.2) is 0 Å². The summed E-state index contributed by atoms with van der Waals surface area (Å²) in [7, 11) is 0. The molecule has 0 saturated carbocycles. The number of aromatic nitrogens is 1. The lowest BCUT2D eigenvalue weighted by atomic mass is 9.75. The highest BCUT2D eigenvalue weighted by Crippen LogP contribution is 2.49. The summed E-state index contributed by atoms with van der Waals surface area (Å²) in [6, 6.07) is 13.3. The Balaban J connectivity index is 1.41. The molecule has 7 heteroatoms. The summed E-state index contributed by atoms with van der Waals surface area (Å²) in [5.41, 5.74) is 6.71. The second kappa shape index (κ2) is 9.61. The van der Waals surface area contributed by atoms with Gasteiger partial charge in [-0.2, -0.15) is 0 Å². The van der Waals surface area contributed by atoms with Gasteiger partial charge >= 0.3 is 0 Å². The van der Waals surface area contributed by atoms with Gasteiger partial charge in [-0.3, -0.25) is 9.78 Å². The van der Waals surface area contributed by atoms with Crippen molar-refractivity contribution in [2.24, 2.45) is 5.41 Å². The van der Waals surface area contributed by atoms with Crippen LogP contribution in [0.4, 0.5) is 10.7 Å². The fraction of sp³-hybridized carbons (Fsp3) is 0.448. The number of hydrogen-bond donors (Lipinski definition) is 2. The number of carbonyl (C=O) groups is 1. The molecule has 2 aromatic heterocycles. The molecular formula is C29H34N4O2S. The second-order valence-corrected chi connectivity index (χ2v) is 12.0. The number of ketones is 1. The van der Waals surface area contributed by atoms with E-state index in [-0.39, 0.29) is 11.2 Å². The van der Waals surface area contributed by atoms with Gasteiger partial charge in [0.2, 0.25) is 0 Å². The Morgan fingerprint density at radius 2 is 2.00 bits per heavy atom. The first-order valence-electron chi connectivity index (χ1n) is 13.0. The highest BCUT2D eigenvalue weighted by molar-refractivity contribution is 7.19. The zero-order valence-electron chi connectivity index (χ0n) is 21.1. The molecule has 2 saturated heterocycles. The maximum atomic E-state index is 13.2. The predicted octanol–water partition coefficient (Wildman–Crippen LogP) is 5.24. The summed E-state index contributed by atoms with van der Waals surface area (Å²) in [6.45, 7) is 9.63. The van der Waals surface area contributed by atoms with Crippen molar-refractivity contribution in [3.8, 4) is 22.4 Å². The number of morpholine rings is 1. The molecule has 2 fully saturated rings. The van der Waals surface area contributed by atoms with E-state index in [4.69, 9.17) is 9.72 Å². The van der Waals surface area contributed by atoms with Crippen molar-refractivity contribution in [1.29, 1.82) is 0 Å². The molecule has 6 rings (SSSR count). The summed E-state index contributed by atoms with van der Waals surface area (Å²) in [6.07, 6.45) is 4.58. The lowest BCUT2D eigenvalue weighted by Gasteiger charge is -2.30. The van der Waals surface area contributed by atoms with Crippen molar-refractivity contribution < 1.29 is 9.53 Å². The van der Waals surface area contributed by atoms with Gasteiger partial charge in [-0.1, -0.05) is 26.0 Å². The molecule has 2 N–H and O–H groups in total. The van der Waals surface area contributed by atoms with Gasteiger partial charge < -0.3 is 20.3 Å². The minimum absolute atomic E-state index is 0.0346. The van der Waals surface area contributed by atoms with E-state index in [0.717, 1.165) is 79.6 Å². The minimum atomic E-state index is -0.0346. The molecule has 2 aliphatic heterocycles. The van der Waals surface area contributed by atoms with E-state index in [2.05, 4.69) is 65.8 Å². The summed E-state index contributed by atoms with van der Waals surface area (Å²) in [4.78, 5) is 21.3. The molecule has 3 aliphatic rings. The van der Waals surface area contributed by atoms with Crippen LogP contribution in [0.5, 0.6) is 0 Å². The third-order valence-corrected chi connectivity index (χ3v) is 8.81. The number of thiophene rings is 1. The van der Waals surface area contributed by atoms with E-state index >= 15 is 0 Å². The Labute approximate surface area is 217 Å². The topological polar surface area (TPSA) is 66.5 Å². The van der Waals surface area contributed by atoms with Crippen molar-refractivity contribution in [2.45, 2.75) is 39.2 Å². The number of pyridine rings is 1. The third kappa shape index (κ3) is 4.67. The molecule has 6 nitrogen and oxygen atoms in total. The number of nitrogens with zero attached hydrogens (tertiary/aromatic N) is 2. The Morgan fingerprint density at radius 3 is 2.81 bits per heavy atom. The standard InChI is InChI=1S/C29H34N4O2S/c1-29(2)16-23-26(28(33-10-12-35-13-11-33)36-27(23)25(34)17-29)20-6-9-31-24(15-20)19-4-3-5-21(14-19)32-22-7-8-30-18-22/h3-6,9,14-15,22,30,32H,7-8,10-13,16-18H2,1-2H3/t22-/m1/s1. The molecule has 4 heterocycles. The Hall–Kier alpha value is -2.74. The normalized spacial score (nSPS) is 21.4. The number of carbonyl (C=O) groups excluding carboxylic acids is 1. The average Bonchev–Trinajstić information content (AvgIpc) is 3.52. The van der Waals surface area contributed by atoms with Crippen LogP contribution in [-0.2, 0) is 11.2 Å². The van der Waals surface area contributed by atoms with Crippen LogP contribution >= 0.6 is 11.3 Å². The van der Waals surface area contributed by atoms with Gasteiger partial charge in [-0.15, -0.1) is 11.3 Å². The molecule has 36 heavy (non-hydrogen) atoms. The van der Waals surface area contributed by atoms with Gasteiger partial charge in [0, 0.05) is 55.1 Å². The molecule has 0 unspecified atom stereocenters. The van der Waals surface area contributed by atoms with Gasteiger partial charge in [0.25, 0.3) is 0 Å². The van der Waals surface area contributed by atoms with Gasteiger partial charge in [0.05, 0.1) is 28.8 Å². The number of ether oxygens (including phenoxy) is 1. The van der Waals surface area contributed by atoms with Crippen LogP contribution in [0.1, 0.15) is 41.9 Å². The zero-order valence-corrected chi connectivity index (χ0v) is 21.9. The van der Waals surface area contributed by atoms with Gasteiger partial charge in [-0.05, 0) is 60.2 Å².